The summed E-state index contributed by atoms with van der Waals surface area (Å²) >= 11 is 0. The van der Waals surface area contributed by atoms with Gasteiger partial charge in [0.1, 0.15) is 5.82 Å². The molecular formula is C20H26F3N5. The molecule has 1 atom stereocenters. The minimum atomic E-state index is -4.36. The zero-order valence-electron chi connectivity index (χ0n) is 15.8. The number of imidazole rings is 1. The molecule has 2 aromatic rings. The Morgan fingerprint density at radius 3 is 2.71 bits per heavy atom. The van der Waals surface area contributed by atoms with E-state index in [1.807, 2.05) is 12.3 Å². The Balaban J connectivity index is 1.21. The highest BCUT2D eigenvalue weighted by Crippen LogP contribution is 2.30. The van der Waals surface area contributed by atoms with Crippen molar-refractivity contribution in [1.82, 2.24) is 24.8 Å². The van der Waals surface area contributed by atoms with Gasteiger partial charge < -0.3 is 9.88 Å². The van der Waals surface area contributed by atoms with Gasteiger partial charge >= 0.3 is 6.18 Å². The van der Waals surface area contributed by atoms with Crippen LogP contribution < -0.4 is 5.32 Å². The average Bonchev–Trinajstić information content (AvgIpc) is 3.12. The standard InChI is InChI=1S/C20H26F3N5/c21-20(22,23)18-14-28-13-16(3-4-19(28)26-18)11-25-17-5-8-27(9-6-17)12-15-2-1-7-24-10-15/h1-2,7,10,14,16-17,25H,3-6,8-9,11-13H2. The van der Waals surface area contributed by atoms with Crippen LogP contribution in [0.15, 0.2) is 30.7 Å². The molecule has 4 heterocycles. The van der Waals surface area contributed by atoms with E-state index in [1.165, 1.54) is 11.8 Å². The number of hydrogen-bond acceptors (Lipinski definition) is 4. The van der Waals surface area contributed by atoms with Crippen LogP contribution in [-0.4, -0.2) is 45.1 Å². The molecule has 2 aliphatic heterocycles. The number of piperidine rings is 1. The van der Waals surface area contributed by atoms with Crippen molar-refractivity contribution < 1.29 is 13.2 Å². The van der Waals surface area contributed by atoms with E-state index in [-0.39, 0.29) is 0 Å². The lowest BCUT2D eigenvalue weighted by atomic mass is 9.97. The van der Waals surface area contributed by atoms with Gasteiger partial charge in [0.15, 0.2) is 5.69 Å². The molecule has 0 saturated carbocycles. The second-order valence-electron chi connectivity index (χ2n) is 7.92. The molecular weight excluding hydrogens is 367 g/mol. The third kappa shape index (κ3) is 4.72. The molecule has 0 aromatic carbocycles. The van der Waals surface area contributed by atoms with Gasteiger partial charge in [0.25, 0.3) is 0 Å². The summed E-state index contributed by atoms with van der Waals surface area (Å²) in [6.07, 6.45) is 4.22. The molecule has 0 spiro atoms. The van der Waals surface area contributed by atoms with Gasteiger partial charge in [0.05, 0.1) is 0 Å². The first-order chi connectivity index (χ1) is 13.5. The second-order valence-corrected chi connectivity index (χ2v) is 7.92. The van der Waals surface area contributed by atoms with Crippen molar-refractivity contribution >= 4 is 0 Å². The molecule has 152 valence electrons. The Kier molecular flexibility index (Phi) is 5.68. The topological polar surface area (TPSA) is 46.0 Å². The summed E-state index contributed by atoms with van der Waals surface area (Å²) in [5.74, 6) is 0.920. The maximum Gasteiger partial charge on any atom is 0.434 e. The molecule has 5 nitrogen and oxygen atoms in total. The highest BCUT2D eigenvalue weighted by molar-refractivity contribution is 5.10. The van der Waals surface area contributed by atoms with Crippen LogP contribution in [0.25, 0.3) is 0 Å². The molecule has 0 aliphatic carbocycles. The van der Waals surface area contributed by atoms with Crippen molar-refractivity contribution in [3.63, 3.8) is 0 Å². The van der Waals surface area contributed by atoms with E-state index in [1.54, 1.807) is 10.8 Å². The SMILES string of the molecule is FC(F)(F)c1cn2c(n1)CCC(CNC1CCN(Cc3cccnc3)CC1)C2. The number of alkyl halides is 3. The first kappa shape index (κ1) is 19.4. The number of aryl methyl sites for hydroxylation is 1. The van der Waals surface area contributed by atoms with Crippen LogP contribution in [0, 0.1) is 5.92 Å². The lowest BCUT2D eigenvalue weighted by molar-refractivity contribution is -0.141. The number of nitrogens with one attached hydrogen (secondary N) is 1. The van der Waals surface area contributed by atoms with E-state index in [4.69, 9.17) is 0 Å². The highest BCUT2D eigenvalue weighted by atomic mass is 19.4. The molecule has 0 amide bonds. The molecule has 0 radical (unpaired) electrons. The smallest absolute Gasteiger partial charge is 0.334 e. The zero-order valence-corrected chi connectivity index (χ0v) is 15.8. The molecule has 1 N–H and O–H groups in total. The van der Waals surface area contributed by atoms with Gasteiger partial charge in [0.2, 0.25) is 0 Å². The molecule has 28 heavy (non-hydrogen) atoms. The number of rotatable bonds is 5. The Bertz CT molecular complexity index is 766. The van der Waals surface area contributed by atoms with E-state index in [0.29, 0.717) is 30.7 Å². The summed E-state index contributed by atoms with van der Waals surface area (Å²) in [6, 6.07) is 4.56. The number of likely N-dealkylation sites (tertiary alicyclic amines) is 1. The number of pyridine rings is 1. The maximum atomic E-state index is 12.8. The summed E-state index contributed by atoms with van der Waals surface area (Å²) in [6.45, 7) is 4.52. The first-order valence-electron chi connectivity index (χ1n) is 9.95. The fourth-order valence-corrected chi connectivity index (χ4v) is 4.20. The molecule has 0 bridgehead atoms. The fourth-order valence-electron chi connectivity index (χ4n) is 4.20. The van der Waals surface area contributed by atoms with Crippen LogP contribution in [-0.2, 0) is 25.7 Å². The molecule has 1 fully saturated rings. The van der Waals surface area contributed by atoms with Crippen molar-refractivity contribution in [3.8, 4) is 0 Å². The van der Waals surface area contributed by atoms with Gasteiger partial charge in [-0.15, -0.1) is 0 Å². The van der Waals surface area contributed by atoms with Gasteiger partial charge in [-0.3, -0.25) is 9.88 Å². The summed E-state index contributed by atoms with van der Waals surface area (Å²) in [5.41, 5.74) is 0.475. The van der Waals surface area contributed by atoms with E-state index in [2.05, 4.69) is 26.3 Å². The monoisotopic (exact) mass is 393 g/mol. The van der Waals surface area contributed by atoms with E-state index >= 15 is 0 Å². The highest BCUT2D eigenvalue weighted by Gasteiger charge is 2.35. The Morgan fingerprint density at radius 2 is 2.00 bits per heavy atom. The van der Waals surface area contributed by atoms with Crippen LogP contribution in [0.5, 0.6) is 0 Å². The summed E-state index contributed by atoms with van der Waals surface area (Å²) in [4.78, 5) is 10.4. The van der Waals surface area contributed by atoms with Gasteiger partial charge in [-0.1, -0.05) is 6.07 Å². The Morgan fingerprint density at radius 1 is 1.18 bits per heavy atom. The molecule has 2 aromatic heterocycles. The average molecular weight is 393 g/mol. The lowest BCUT2D eigenvalue weighted by Crippen LogP contribution is -2.44. The van der Waals surface area contributed by atoms with Gasteiger partial charge in [-0.25, -0.2) is 4.98 Å². The van der Waals surface area contributed by atoms with Crippen molar-refractivity contribution in [1.29, 1.82) is 0 Å². The maximum absolute atomic E-state index is 12.8. The predicted octanol–water partition coefficient (Wildman–Crippen LogP) is 3.11. The fraction of sp³-hybridized carbons (Fsp3) is 0.600. The van der Waals surface area contributed by atoms with E-state index in [0.717, 1.165) is 45.4 Å². The second kappa shape index (κ2) is 8.21. The van der Waals surface area contributed by atoms with Crippen molar-refractivity contribution in [2.45, 2.75) is 51.0 Å². The number of aromatic nitrogens is 3. The lowest BCUT2D eigenvalue weighted by Gasteiger charge is -2.33. The molecule has 2 aliphatic rings. The predicted molar refractivity (Wildman–Crippen MR) is 99.6 cm³/mol. The third-order valence-corrected chi connectivity index (χ3v) is 5.79. The largest absolute Gasteiger partial charge is 0.434 e. The van der Waals surface area contributed by atoms with Crippen molar-refractivity contribution in [3.05, 3.63) is 47.8 Å². The normalized spacial score (nSPS) is 21.6. The van der Waals surface area contributed by atoms with Crippen LogP contribution in [0.2, 0.25) is 0 Å². The zero-order chi connectivity index (χ0) is 19.6. The van der Waals surface area contributed by atoms with Crippen LogP contribution in [0.4, 0.5) is 13.2 Å². The summed E-state index contributed by atoms with van der Waals surface area (Å²) < 4.78 is 40.2. The number of fused-ring (bicyclic) bond motifs is 1. The van der Waals surface area contributed by atoms with Gasteiger partial charge in [-0.2, -0.15) is 13.2 Å². The van der Waals surface area contributed by atoms with Crippen LogP contribution >= 0.6 is 0 Å². The minimum Gasteiger partial charge on any atom is -0.334 e. The van der Waals surface area contributed by atoms with E-state index < -0.39 is 11.9 Å². The molecule has 1 unspecified atom stereocenters. The third-order valence-electron chi connectivity index (χ3n) is 5.79. The molecule has 4 rings (SSSR count). The minimum absolute atomic E-state index is 0.358. The van der Waals surface area contributed by atoms with Gasteiger partial charge in [0, 0.05) is 44.1 Å². The summed E-state index contributed by atoms with van der Waals surface area (Å²) in [5, 5.41) is 3.65. The molecule has 1 saturated heterocycles. The first-order valence-corrected chi connectivity index (χ1v) is 9.95. The number of nitrogens with zero attached hydrogens (tertiary/aromatic N) is 4. The van der Waals surface area contributed by atoms with Crippen LogP contribution in [0.3, 0.4) is 0 Å². The Labute approximate surface area is 163 Å². The summed E-state index contributed by atoms with van der Waals surface area (Å²) in [7, 11) is 0. The number of hydrogen-bond donors (Lipinski definition) is 1. The van der Waals surface area contributed by atoms with Crippen molar-refractivity contribution in [2.75, 3.05) is 19.6 Å². The number of halogens is 3. The van der Waals surface area contributed by atoms with Gasteiger partial charge in [-0.05, 0) is 56.4 Å². The molecule has 8 heteroatoms. The Hall–Kier alpha value is -1.93. The van der Waals surface area contributed by atoms with Crippen LogP contribution in [0.1, 0.15) is 36.3 Å². The van der Waals surface area contributed by atoms with E-state index in [9.17, 15) is 13.2 Å². The van der Waals surface area contributed by atoms with Crippen molar-refractivity contribution in [2.24, 2.45) is 5.92 Å². The quantitative estimate of drug-likeness (QED) is 0.848.